The molecule has 1 amide bonds. The fraction of sp³-hybridized carbons (Fsp3) is 0.600. The second kappa shape index (κ2) is 9.94. The summed E-state index contributed by atoms with van der Waals surface area (Å²) in [5, 5.41) is 9.15. The third-order valence-electron chi connectivity index (χ3n) is 4.90. The zero-order valence-electron chi connectivity index (χ0n) is 16.7. The standard InChI is InChI=1S/C20H27F3N4O2/c1-14(2)13-17(19(25)28)27(8-7-24)18(20(21,22)23)15-3-5-16(6-4-15)26-9-11-29-12-10-26/h3-6,14,17-18H,8-13H2,1-2H3,(H2,25,28)/t17-,18?/m0/s1. The first-order valence-corrected chi connectivity index (χ1v) is 9.56. The van der Waals surface area contributed by atoms with Crippen LogP contribution in [0.2, 0.25) is 0 Å². The van der Waals surface area contributed by atoms with Crippen molar-refractivity contribution in [3.63, 3.8) is 0 Å². The largest absolute Gasteiger partial charge is 0.408 e. The van der Waals surface area contributed by atoms with Gasteiger partial charge in [0.25, 0.3) is 0 Å². The molecule has 6 nitrogen and oxygen atoms in total. The Morgan fingerprint density at radius 3 is 2.31 bits per heavy atom. The minimum atomic E-state index is -4.68. The molecule has 1 aliphatic heterocycles. The molecule has 0 radical (unpaired) electrons. The van der Waals surface area contributed by atoms with Crippen molar-refractivity contribution in [2.45, 2.75) is 38.5 Å². The molecule has 1 fully saturated rings. The summed E-state index contributed by atoms with van der Waals surface area (Å²) in [6.07, 6.45) is -4.54. The monoisotopic (exact) mass is 412 g/mol. The molecular formula is C20H27F3N4O2. The van der Waals surface area contributed by atoms with Crippen molar-refractivity contribution in [3.8, 4) is 6.07 Å². The molecule has 0 spiro atoms. The van der Waals surface area contributed by atoms with Crippen molar-refractivity contribution in [3.05, 3.63) is 29.8 Å². The van der Waals surface area contributed by atoms with E-state index in [0.29, 0.717) is 26.3 Å². The lowest BCUT2D eigenvalue weighted by molar-refractivity contribution is -0.192. The molecule has 160 valence electrons. The molecule has 9 heteroatoms. The van der Waals surface area contributed by atoms with Crippen LogP contribution in [0.5, 0.6) is 0 Å². The van der Waals surface area contributed by atoms with E-state index in [1.54, 1.807) is 32.0 Å². The molecule has 0 aliphatic carbocycles. The molecule has 1 aromatic rings. The number of morpholine rings is 1. The summed E-state index contributed by atoms with van der Waals surface area (Å²) in [4.78, 5) is 14.9. The number of alkyl halides is 3. The number of carbonyl (C=O) groups excluding carboxylic acids is 1. The van der Waals surface area contributed by atoms with E-state index >= 15 is 0 Å². The van der Waals surface area contributed by atoms with E-state index in [1.807, 2.05) is 4.90 Å². The van der Waals surface area contributed by atoms with Gasteiger partial charge in [-0.2, -0.15) is 18.4 Å². The Morgan fingerprint density at radius 2 is 1.86 bits per heavy atom. The number of nitriles is 1. The maximum atomic E-state index is 14.1. The van der Waals surface area contributed by atoms with Gasteiger partial charge in [0.15, 0.2) is 0 Å². The lowest BCUT2D eigenvalue weighted by atomic mass is 9.96. The summed E-state index contributed by atoms with van der Waals surface area (Å²) >= 11 is 0. The number of primary amides is 1. The molecular weight excluding hydrogens is 385 g/mol. The van der Waals surface area contributed by atoms with Crippen LogP contribution in [0.3, 0.4) is 0 Å². The minimum Gasteiger partial charge on any atom is -0.378 e. The van der Waals surface area contributed by atoms with E-state index in [0.717, 1.165) is 10.6 Å². The van der Waals surface area contributed by atoms with Gasteiger partial charge in [-0.15, -0.1) is 0 Å². The van der Waals surface area contributed by atoms with Gasteiger partial charge in [-0.25, -0.2) is 0 Å². The van der Waals surface area contributed by atoms with Crippen LogP contribution in [0.25, 0.3) is 0 Å². The predicted molar refractivity (Wildman–Crippen MR) is 103 cm³/mol. The molecule has 2 N–H and O–H groups in total. The molecule has 0 saturated carbocycles. The maximum Gasteiger partial charge on any atom is 0.408 e. The summed E-state index contributed by atoms with van der Waals surface area (Å²) in [7, 11) is 0. The number of amides is 1. The Hall–Kier alpha value is -2.31. The van der Waals surface area contributed by atoms with Gasteiger partial charge in [-0.1, -0.05) is 26.0 Å². The number of anilines is 1. The van der Waals surface area contributed by atoms with E-state index < -0.39 is 30.7 Å². The summed E-state index contributed by atoms with van der Waals surface area (Å²) in [6.45, 7) is 5.49. The first kappa shape index (κ1) is 23.0. The summed E-state index contributed by atoms with van der Waals surface area (Å²) in [5.74, 6) is -0.931. The lowest BCUT2D eigenvalue weighted by Gasteiger charge is -2.37. The summed E-state index contributed by atoms with van der Waals surface area (Å²) in [6, 6.07) is 4.53. The Morgan fingerprint density at radius 1 is 1.28 bits per heavy atom. The minimum absolute atomic E-state index is 0.0280. The lowest BCUT2D eigenvalue weighted by Crippen LogP contribution is -2.51. The fourth-order valence-electron chi connectivity index (χ4n) is 3.58. The van der Waals surface area contributed by atoms with Gasteiger partial charge in [0.05, 0.1) is 31.9 Å². The molecule has 0 aromatic heterocycles. The normalized spacial score (nSPS) is 17.2. The van der Waals surface area contributed by atoms with Gasteiger partial charge in [0.1, 0.15) is 6.04 Å². The molecule has 1 aromatic carbocycles. The van der Waals surface area contributed by atoms with Crippen molar-refractivity contribution < 1.29 is 22.7 Å². The molecule has 29 heavy (non-hydrogen) atoms. The van der Waals surface area contributed by atoms with Crippen LogP contribution in [-0.2, 0) is 9.53 Å². The molecule has 1 heterocycles. The van der Waals surface area contributed by atoms with Gasteiger partial charge in [0, 0.05) is 18.8 Å². The third-order valence-corrected chi connectivity index (χ3v) is 4.90. The topological polar surface area (TPSA) is 82.6 Å². The van der Waals surface area contributed by atoms with Crippen LogP contribution in [0.15, 0.2) is 24.3 Å². The summed E-state index contributed by atoms with van der Waals surface area (Å²) in [5.41, 5.74) is 6.20. The Kier molecular flexibility index (Phi) is 7.88. The van der Waals surface area contributed by atoms with Crippen molar-refractivity contribution in [2.75, 3.05) is 37.7 Å². The average molecular weight is 412 g/mol. The van der Waals surface area contributed by atoms with E-state index in [9.17, 15) is 18.0 Å². The molecule has 1 saturated heterocycles. The molecule has 1 unspecified atom stereocenters. The highest BCUT2D eigenvalue weighted by Gasteiger charge is 2.48. The summed E-state index contributed by atoms with van der Waals surface area (Å²) < 4.78 is 47.5. The average Bonchev–Trinajstić information content (AvgIpc) is 2.66. The molecule has 0 bridgehead atoms. The molecule has 2 atom stereocenters. The quantitative estimate of drug-likeness (QED) is 0.664. The highest BCUT2D eigenvalue weighted by molar-refractivity contribution is 5.80. The van der Waals surface area contributed by atoms with Crippen LogP contribution in [-0.4, -0.2) is 55.9 Å². The smallest absolute Gasteiger partial charge is 0.378 e. The third kappa shape index (κ3) is 6.08. The Bertz CT molecular complexity index is 710. The van der Waals surface area contributed by atoms with Gasteiger partial charge in [-0.05, 0) is 30.0 Å². The number of rotatable bonds is 8. The highest BCUT2D eigenvalue weighted by atomic mass is 19.4. The van der Waals surface area contributed by atoms with Gasteiger partial charge in [-0.3, -0.25) is 9.69 Å². The van der Waals surface area contributed by atoms with Crippen molar-refractivity contribution in [2.24, 2.45) is 11.7 Å². The number of hydrogen-bond donors (Lipinski definition) is 1. The van der Waals surface area contributed by atoms with E-state index in [-0.39, 0.29) is 17.9 Å². The first-order valence-electron chi connectivity index (χ1n) is 9.56. The number of nitrogens with zero attached hydrogens (tertiary/aromatic N) is 3. The molecule has 1 aliphatic rings. The van der Waals surface area contributed by atoms with Gasteiger partial charge >= 0.3 is 6.18 Å². The van der Waals surface area contributed by atoms with Crippen molar-refractivity contribution in [1.82, 2.24) is 4.90 Å². The number of ether oxygens (including phenoxy) is 1. The first-order chi connectivity index (χ1) is 13.6. The second-order valence-electron chi connectivity index (χ2n) is 7.51. The number of benzene rings is 1. The number of halogens is 3. The van der Waals surface area contributed by atoms with Crippen molar-refractivity contribution >= 4 is 11.6 Å². The zero-order chi connectivity index (χ0) is 21.6. The van der Waals surface area contributed by atoms with Gasteiger partial charge in [0.2, 0.25) is 5.91 Å². The van der Waals surface area contributed by atoms with E-state index in [1.165, 1.54) is 12.1 Å². The van der Waals surface area contributed by atoms with E-state index in [2.05, 4.69) is 0 Å². The van der Waals surface area contributed by atoms with Gasteiger partial charge < -0.3 is 15.4 Å². The van der Waals surface area contributed by atoms with Crippen LogP contribution >= 0.6 is 0 Å². The Labute approximate surface area is 169 Å². The van der Waals surface area contributed by atoms with Crippen LogP contribution < -0.4 is 10.6 Å². The number of nitrogens with two attached hydrogens (primary N) is 1. The fourth-order valence-corrected chi connectivity index (χ4v) is 3.58. The number of carbonyl (C=O) groups is 1. The number of hydrogen-bond acceptors (Lipinski definition) is 5. The van der Waals surface area contributed by atoms with Crippen LogP contribution in [0.4, 0.5) is 18.9 Å². The van der Waals surface area contributed by atoms with E-state index in [4.69, 9.17) is 15.7 Å². The second-order valence-corrected chi connectivity index (χ2v) is 7.51. The predicted octanol–water partition coefficient (Wildman–Crippen LogP) is 2.85. The SMILES string of the molecule is CC(C)C[C@@H](C(N)=O)N(CC#N)C(c1ccc(N2CCOCC2)cc1)C(F)(F)F. The molecule has 2 rings (SSSR count). The highest BCUT2D eigenvalue weighted by Crippen LogP contribution is 2.40. The zero-order valence-corrected chi connectivity index (χ0v) is 16.7. The van der Waals surface area contributed by atoms with Crippen LogP contribution in [0.1, 0.15) is 31.9 Å². The Balaban J connectivity index is 2.39. The van der Waals surface area contributed by atoms with Crippen LogP contribution in [0, 0.1) is 17.2 Å². The van der Waals surface area contributed by atoms with Crippen molar-refractivity contribution in [1.29, 1.82) is 5.26 Å². The maximum absolute atomic E-state index is 14.1.